The molecule has 2 heterocycles. The summed E-state index contributed by atoms with van der Waals surface area (Å²) in [6.07, 6.45) is 3.39. The van der Waals surface area contributed by atoms with Crippen LogP contribution in [0.3, 0.4) is 0 Å². The largest absolute Gasteiger partial charge is 0.376 e. The fraction of sp³-hybridized carbons (Fsp3) is 0.579. The van der Waals surface area contributed by atoms with Crippen molar-refractivity contribution in [3.05, 3.63) is 36.2 Å². The van der Waals surface area contributed by atoms with Crippen molar-refractivity contribution in [3.8, 4) is 11.5 Å². The van der Waals surface area contributed by atoms with Gasteiger partial charge in [-0.25, -0.2) is 0 Å². The first kappa shape index (κ1) is 17.1. The van der Waals surface area contributed by atoms with Crippen LogP contribution in [0.4, 0.5) is 0 Å². The molecular weight excluding hydrogens is 302 g/mol. The molecule has 1 aromatic heterocycles. The van der Waals surface area contributed by atoms with Crippen LogP contribution in [0.2, 0.25) is 0 Å². The second-order valence-corrected chi connectivity index (χ2v) is 6.92. The van der Waals surface area contributed by atoms with Crippen molar-refractivity contribution in [2.75, 3.05) is 26.2 Å². The number of rotatable bonds is 7. The molecule has 0 amide bonds. The highest BCUT2D eigenvalue weighted by atomic mass is 16.5. The summed E-state index contributed by atoms with van der Waals surface area (Å²) in [5.41, 5.74) is 0.953. The van der Waals surface area contributed by atoms with Gasteiger partial charge in [-0.3, -0.25) is 0 Å². The van der Waals surface area contributed by atoms with Crippen molar-refractivity contribution < 1.29 is 9.26 Å². The lowest BCUT2D eigenvalue weighted by Gasteiger charge is -2.33. The fourth-order valence-corrected chi connectivity index (χ4v) is 3.20. The molecule has 0 N–H and O–H groups in total. The lowest BCUT2D eigenvalue weighted by atomic mass is 10.1. The first-order valence-electron chi connectivity index (χ1n) is 8.92. The summed E-state index contributed by atoms with van der Waals surface area (Å²) >= 11 is 0. The molecule has 5 heteroatoms. The van der Waals surface area contributed by atoms with E-state index in [2.05, 4.69) is 28.9 Å². The van der Waals surface area contributed by atoms with E-state index < -0.39 is 0 Å². The Labute approximate surface area is 144 Å². The molecule has 3 rings (SSSR count). The molecule has 0 aliphatic carbocycles. The second-order valence-electron chi connectivity index (χ2n) is 6.92. The zero-order valence-corrected chi connectivity index (χ0v) is 14.6. The maximum Gasteiger partial charge on any atom is 0.257 e. The minimum atomic E-state index is 0.331. The molecule has 24 heavy (non-hydrogen) atoms. The lowest BCUT2D eigenvalue weighted by molar-refractivity contribution is -0.00221. The van der Waals surface area contributed by atoms with E-state index in [9.17, 15) is 0 Å². The van der Waals surface area contributed by atoms with Gasteiger partial charge in [0.2, 0.25) is 0 Å². The van der Waals surface area contributed by atoms with E-state index in [0.29, 0.717) is 36.8 Å². The Kier molecular flexibility index (Phi) is 5.99. The van der Waals surface area contributed by atoms with Gasteiger partial charge < -0.3 is 14.2 Å². The minimum absolute atomic E-state index is 0.331. The Morgan fingerprint density at radius 2 is 2.12 bits per heavy atom. The van der Waals surface area contributed by atoms with Crippen molar-refractivity contribution in [3.63, 3.8) is 0 Å². The van der Waals surface area contributed by atoms with E-state index in [1.54, 1.807) is 0 Å². The van der Waals surface area contributed by atoms with Gasteiger partial charge in [-0.15, -0.1) is 0 Å². The highest BCUT2D eigenvalue weighted by Crippen LogP contribution is 2.17. The zero-order chi connectivity index (χ0) is 16.8. The van der Waals surface area contributed by atoms with E-state index >= 15 is 0 Å². The average molecular weight is 329 g/mol. The predicted octanol–water partition coefficient (Wildman–Crippen LogP) is 3.42. The number of hydrogen-bond donors (Lipinski definition) is 0. The molecule has 0 bridgehead atoms. The fourth-order valence-electron chi connectivity index (χ4n) is 3.20. The number of hydrogen-bond acceptors (Lipinski definition) is 5. The van der Waals surface area contributed by atoms with Gasteiger partial charge in [0, 0.05) is 25.1 Å². The molecule has 0 saturated carbocycles. The molecule has 1 aromatic carbocycles. The Morgan fingerprint density at radius 3 is 2.92 bits per heavy atom. The molecule has 1 aliphatic heterocycles. The maximum atomic E-state index is 6.05. The third-order valence-corrected chi connectivity index (χ3v) is 4.25. The van der Waals surface area contributed by atoms with Gasteiger partial charge in [-0.1, -0.05) is 37.2 Å². The van der Waals surface area contributed by atoms with Crippen LogP contribution in [0, 0.1) is 5.92 Å². The van der Waals surface area contributed by atoms with E-state index in [1.165, 1.54) is 13.0 Å². The van der Waals surface area contributed by atoms with E-state index in [1.807, 2.05) is 30.3 Å². The number of piperidine rings is 1. The van der Waals surface area contributed by atoms with Gasteiger partial charge in [0.15, 0.2) is 5.82 Å². The molecule has 5 nitrogen and oxygen atoms in total. The molecule has 130 valence electrons. The van der Waals surface area contributed by atoms with Gasteiger partial charge in [0.25, 0.3) is 5.89 Å². The minimum Gasteiger partial charge on any atom is -0.376 e. The molecule has 1 aliphatic rings. The van der Waals surface area contributed by atoms with Crippen LogP contribution in [-0.2, 0) is 11.2 Å². The second kappa shape index (κ2) is 8.40. The number of aromatic nitrogens is 2. The molecule has 0 radical (unpaired) electrons. The quantitative estimate of drug-likeness (QED) is 0.779. The summed E-state index contributed by atoms with van der Waals surface area (Å²) in [4.78, 5) is 6.96. The van der Waals surface area contributed by atoms with Gasteiger partial charge >= 0.3 is 0 Å². The molecule has 1 unspecified atom stereocenters. The van der Waals surface area contributed by atoms with Crippen LogP contribution >= 0.6 is 0 Å². The van der Waals surface area contributed by atoms with Gasteiger partial charge in [-0.05, 0) is 37.4 Å². The highest BCUT2D eigenvalue weighted by molar-refractivity contribution is 5.51. The van der Waals surface area contributed by atoms with Crippen LogP contribution in [0.25, 0.3) is 11.5 Å². The predicted molar refractivity (Wildman–Crippen MR) is 93.7 cm³/mol. The maximum absolute atomic E-state index is 6.05. The molecule has 1 fully saturated rings. The van der Waals surface area contributed by atoms with Crippen molar-refractivity contribution in [2.24, 2.45) is 5.92 Å². The van der Waals surface area contributed by atoms with Crippen LogP contribution in [-0.4, -0.2) is 47.4 Å². The first-order chi connectivity index (χ1) is 11.7. The Morgan fingerprint density at radius 1 is 1.29 bits per heavy atom. The highest BCUT2D eigenvalue weighted by Gasteiger charge is 2.21. The average Bonchev–Trinajstić information content (AvgIpc) is 3.04. The first-order valence-corrected chi connectivity index (χ1v) is 8.92. The number of ether oxygens (including phenoxy) is 1. The third-order valence-electron chi connectivity index (χ3n) is 4.25. The standard InChI is InChI=1S/C19H27N3O2/c1-15(2)13-22-11-6-9-17(14-22)23-12-10-18-20-19(24-21-18)16-7-4-3-5-8-16/h3-5,7-8,15,17H,6,9-14H2,1-2H3. The Bertz CT molecular complexity index is 612. The van der Waals surface area contributed by atoms with Crippen molar-refractivity contribution in [2.45, 2.75) is 39.2 Å². The zero-order valence-electron chi connectivity index (χ0n) is 14.6. The number of likely N-dealkylation sites (tertiary alicyclic amines) is 1. The third kappa shape index (κ3) is 4.89. The van der Waals surface area contributed by atoms with E-state index in [4.69, 9.17) is 9.26 Å². The van der Waals surface area contributed by atoms with Crippen LogP contribution < -0.4 is 0 Å². The Balaban J connectivity index is 1.44. The monoisotopic (exact) mass is 329 g/mol. The summed E-state index contributed by atoms with van der Waals surface area (Å²) in [6, 6.07) is 9.85. The van der Waals surface area contributed by atoms with Crippen LogP contribution in [0.15, 0.2) is 34.9 Å². The van der Waals surface area contributed by atoms with E-state index in [0.717, 1.165) is 25.1 Å². The van der Waals surface area contributed by atoms with Crippen molar-refractivity contribution in [1.29, 1.82) is 0 Å². The Hall–Kier alpha value is -1.72. The molecule has 1 atom stereocenters. The van der Waals surface area contributed by atoms with Crippen molar-refractivity contribution in [1.82, 2.24) is 15.0 Å². The summed E-state index contributed by atoms with van der Waals surface area (Å²) in [5, 5.41) is 4.05. The van der Waals surface area contributed by atoms with Crippen LogP contribution in [0.1, 0.15) is 32.5 Å². The summed E-state index contributed by atoms with van der Waals surface area (Å²) < 4.78 is 11.4. The topological polar surface area (TPSA) is 51.4 Å². The summed E-state index contributed by atoms with van der Waals surface area (Å²) in [7, 11) is 0. The summed E-state index contributed by atoms with van der Waals surface area (Å²) in [6.45, 7) is 8.58. The molecular formula is C19H27N3O2. The SMILES string of the molecule is CC(C)CN1CCCC(OCCc2noc(-c3ccccc3)n2)C1. The smallest absolute Gasteiger partial charge is 0.257 e. The van der Waals surface area contributed by atoms with E-state index in [-0.39, 0.29) is 0 Å². The molecule has 2 aromatic rings. The number of nitrogens with zero attached hydrogens (tertiary/aromatic N) is 3. The van der Waals surface area contributed by atoms with Crippen molar-refractivity contribution >= 4 is 0 Å². The molecule has 0 spiro atoms. The molecule has 1 saturated heterocycles. The number of benzene rings is 1. The van der Waals surface area contributed by atoms with Gasteiger partial charge in [-0.2, -0.15) is 4.98 Å². The summed E-state index contributed by atoms with van der Waals surface area (Å²) in [5.74, 6) is 1.99. The van der Waals surface area contributed by atoms with Crippen LogP contribution in [0.5, 0.6) is 0 Å². The van der Waals surface area contributed by atoms with Gasteiger partial charge in [0.05, 0.1) is 12.7 Å². The lowest BCUT2D eigenvalue weighted by Crippen LogP contribution is -2.41. The normalized spacial score (nSPS) is 19.0. The van der Waals surface area contributed by atoms with Gasteiger partial charge in [0.1, 0.15) is 0 Å².